The van der Waals surface area contributed by atoms with E-state index in [4.69, 9.17) is 0 Å². The second-order valence-electron chi connectivity index (χ2n) is 11.0. The summed E-state index contributed by atoms with van der Waals surface area (Å²) in [6, 6.07) is 22.9. The molecule has 2 atom stereocenters. The molecular weight excluding hydrogens is 452 g/mol. The van der Waals surface area contributed by atoms with Gasteiger partial charge in [0.2, 0.25) is 10.8 Å². The smallest absolute Gasteiger partial charge is 0.269 e. The van der Waals surface area contributed by atoms with Crippen molar-refractivity contribution >= 4 is 35.0 Å². The highest BCUT2D eigenvalue weighted by Gasteiger charge is 2.65. The lowest BCUT2D eigenvalue weighted by atomic mass is 9.65. The number of anilines is 2. The van der Waals surface area contributed by atoms with Crippen LogP contribution in [0.4, 0.5) is 11.4 Å². The number of amides is 2. The fraction of sp³-hybridized carbons (Fsp3) is 0.333. The van der Waals surface area contributed by atoms with Crippen molar-refractivity contribution in [2.45, 2.75) is 56.9 Å². The molecule has 3 aromatic carbocycles. The van der Waals surface area contributed by atoms with Crippen molar-refractivity contribution in [3.8, 4) is 0 Å². The third-order valence-electron chi connectivity index (χ3n) is 8.23. The monoisotopic (exact) mass is 482 g/mol. The van der Waals surface area contributed by atoms with Crippen molar-refractivity contribution in [3.63, 3.8) is 0 Å². The molecule has 0 N–H and O–H groups in total. The number of aryl methyl sites for hydroxylation is 2. The first kappa shape index (κ1) is 22.4. The zero-order valence-corrected chi connectivity index (χ0v) is 21.7. The molecule has 0 saturated carbocycles. The zero-order chi connectivity index (χ0) is 24.8. The average Bonchev–Trinajstić information content (AvgIpc) is 3.30. The molecule has 3 heterocycles. The highest BCUT2D eigenvalue weighted by Crippen LogP contribution is 2.62. The molecule has 0 bridgehead atoms. The van der Waals surface area contributed by atoms with Crippen LogP contribution in [0.3, 0.4) is 0 Å². The topological polar surface area (TPSA) is 40.6 Å². The zero-order valence-electron chi connectivity index (χ0n) is 20.9. The predicted molar refractivity (Wildman–Crippen MR) is 143 cm³/mol. The van der Waals surface area contributed by atoms with Gasteiger partial charge in [-0.25, -0.2) is 0 Å². The van der Waals surface area contributed by atoms with E-state index in [1.54, 1.807) is 4.90 Å². The predicted octanol–water partition coefficient (Wildman–Crippen LogP) is 6.07. The lowest BCUT2D eigenvalue weighted by molar-refractivity contribution is -0.124. The van der Waals surface area contributed by atoms with Crippen molar-refractivity contribution in [3.05, 3.63) is 94.5 Å². The molecule has 0 aromatic heterocycles. The SMILES string of the molecule is Cc1ccc(N2C(=O)CS[C@@]23C(=O)N2c4c(cccc43)[C@@](C)(c3ccccc3)CC2(C)C)cc1C. The fourth-order valence-electron chi connectivity index (χ4n) is 6.57. The van der Waals surface area contributed by atoms with Gasteiger partial charge in [0.25, 0.3) is 5.91 Å². The third kappa shape index (κ3) is 2.82. The van der Waals surface area contributed by atoms with Gasteiger partial charge >= 0.3 is 0 Å². The molecule has 6 rings (SSSR count). The summed E-state index contributed by atoms with van der Waals surface area (Å²) in [6.45, 7) is 10.7. The molecule has 0 aliphatic carbocycles. The second-order valence-corrected chi connectivity index (χ2v) is 12.1. The Morgan fingerprint density at radius 2 is 1.51 bits per heavy atom. The summed E-state index contributed by atoms with van der Waals surface area (Å²) in [5, 5.41) is 0. The van der Waals surface area contributed by atoms with Crippen LogP contribution in [0.2, 0.25) is 0 Å². The Labute approximate surface area is 211 Å². The third-order valence-corrected chi connectivity index (χ3v) is 9.62. The van der Waals surface area contributed by atoms with Gasteiger partial charge < -0.3 is 4.90 Å². The lowest BCUT2D eigenvalue weighted by Crippen LogP contribution is -2.58. The van der Waals surface area contributed by atoms with Crippen molar-refractivity contribution in [1.82, 2.24) is 0 Å². The Kier molecular flexibility index (Phi) is 4.63. The number of fused-ring (bicyclic) bond motifs is 1. The molecule has 3 aliphatic heterocycles. The van der Waals surface area contributed by atoms with Crippen LogP contribution < -0.4 is 9.80 Å². The summed E-state index contributed by atoms with van der Waals surface area (Å²) in [5.41, 5.74) is 6.72. The number of hydrogen-bond donors (Lipinski definition) is 0. The Morgan fingerprint density at radius 3 is 2.23 bits per heavy atom. The Hall–Kier alpha value is -3.05. The molecule has 2 amide bonds. The molecule has 1 fully saturated rings. The first-order valence-corrected chi connectivity index (χ1v) is 13.2. The van der Waals surface area contributed by atoms with E-state index in [0.29, 0.717) is 0 Å². The molecule has 178 valence electrons. The second kappa shape index (κ2) is 7.23. The minimum atomic E-state index is -1.08. The molecule has 0 radical (unpaired) electrons. The molecule has 35 heavy (non-hydrogen) atoms. The van der Waals surface area contributed by atoms with E-state index >= 15 is 0 Å². The molecule has 1 saturated heterocycles. The Bertz CT molecular complexity index is 1400. The van der Waals surface area contributed by atoms with E-state index in [0.717, 1.165) is 34.5 Å². The first-order valence-electron chi connectivity index (χ1n) is 12.2. The summed E-state index contributed by atoms with van der Waals surface area (Å²) in [4.78, 5) is 30.7. The number of carbonyl (C=O) groups excluding carboxylic acids is 2. The van der Waals surface area contributed by atoms with Crippen LogP contribution in [-0.2, 0) is 19.9 Å². The van der Waals surface area contributed by atoms with Crippen LogP contribution in [0.25, 0.3) is 0 Å². The maximum absolute atomic E-state index is 14.6. The summed E-state index contributed by atoms with van der Waals surface area (Å²) >= 11 is 1.46. The van der Waals surface area contributed by atoms with E-state index < -0.39 is 10.4 Å². The van der Waals surface area contributed by atoms with E-state index in [2.05, 4.69) is 77.1 Å². The van der Waals surface area contributed by atoms with Gasteiger partial charge in [-0.05, 0) is 68.5 Å². The number of benzene rings is 3. The maximum atomic E-state index is 14.6. The fourth-order valence-corrected chi connectivity index (χ4v) is 7.90. The van der Waals surface area contributed by atoms with E-state index in [1.165, 1.54) is 22.9 Å². The Morgan fingerprint density at radius 1 is 0.800 bits per heavy atom. The summed E-state index contributed by atoms with van der Waals surface area (Å²) in [5.74, 6) is 0.258. The van der Waals surface area contributed by atoms with Crippen molar-refractivity contribution in [2.24, 2.45) is 0 Å². The van der Waals surface area contributed by atoms with Crippen LogP contribution in [0, 0.1) is 13.8 Å². The number of thioether (sulfide) groups is 1. The van der Waals surface area contributed by atoms with Gasteiger partial charge in [-0.2, -0.15) is 0 Å². The lowest BCUT2D eigenvalue weighted by Gasteiger charge is -2.50. The molecular formula is C30H30N2O2S. The van der Waals surface area contributed by atoms with Gasteiger partial charge in [0.05, 0.1) is 11.4 Å². The number of para-hydroxylation sites is 1. The van der Waals surface area contributed by atoms with Crippen molar-refractivity contribution in [2.75, 3.05) is 15.6 Å². The van der Waals surface area contributed by atoms with Crippen LogP contribution >= 0.6 is 11.8 Å². The minimum absolute atomic E-state index is 0.00543. The molecule has 0 unspecified atom stereocenters. The normalized spacial score (nSPS) is 26.5. The van der Waals surface area contributed by atoms with Gasteiger partial charge in [-0.15, -0.1) is 11.8 Å². The van der Waals surface area contributed by atoms with E-state index in [-0.39, 0.29) is 23.0 Å². The number of hydrogen-bond acceptors (Lipinski definition) is 3. The van der Waals surface area contributed by atoms with Gasteiger partial charge in [-0.3, -0.25) is 14.5 Å². The quantitative estimate of drug-likeness (QED) is 0.445. The van der Waals surface area contributed by atoms with Crippen LogP contribution in [-0.4, -0.2) is 23.1 Å². The van der Waals surface area contributed by atoms with Gasteiger partial charge in [0.1, 0.15) is 0 Å². The standard InChI is InChI=1S/C30H30N2O2S/c1-19-14-15-22(16-20(19)2)31-25(33)17-35-30(31)24-13-9-12-23-26(24)32(27(30)34)28(3,4)18-29(23,5)21-10-7-6-8-11-21/h6-16H,17-18H2,1-5H3/t29-,30+/m1/s1. The first-order chi connectivity index (χ1) is 16.6. The average molecular weight is 483 g/mol. The Balaban J connectivity index is 1.63. The highest BCUT2D eigenvalue weighted by molar-refractivity contribution is 8.02. The molecule has 4 nitrogen and oxygen atoms in total. The van der Waals surface area contributed by atoms with Crippen LogP contribution in [0.5, 0.6) is 0 Å². The number of carbonyl (C=O) groups is 2. The molecule has 1 spiro atoms. The van der Waals surface area contributed by atoms with E-state index in [9.17, 15) is 9.59 Å². The van der Waals surface area contributed by atoms with Crippen molar-refractivity contribution in [1.29, 1.82) is 0 Å². The van der Waals surface area contributed by atoms with Crippen LogP contribution in [0.15, 0.2) is 66.7 Å². The summed E-state index contributed by atoms with van der Waals surface area (Å²) < 4.78 is 0. The number of rotatable bonds is 2. The molecule has 3 aliphatic rings. The van der Waals surface area contributed by atoms with Gasteiger partial charge in [0.15, 0.2) is 0 Å². The van der Waals surface area contributed by atoms with Gasteiger partial charge in [0, 0.05) is 22.2 Å². The molecule has 3 aromatic rings. The van der Waals surface area contributed by atoms with Gasteiger partial charge in [-0.1, -0.05) is 61.5 Å². The summed E-state index contributed by atoms with van der Waals surface area (Å²) in [7, 11) is 0. The minimum Gasteiger partial charge on any atom is -0.303 e. The maximum Gasteiger partial charge on any atom is 0.269 e. The van der Waals surface area contributed by atoms with Crippen LogP contribution in [0.1, 0.15) is 55.0 Å². The molecule has 5 heteroatoms. The van der Waals surface area contributed by atoms with Crippen molar-refractivity contribution < 1.29 is 9.59 Å². The van der Waals surface area contributed by atoms with E-state index in [1.807, 2.05) is 29.2 Å². The number of nitrogens with zero attached hydrogens (tertiary/aromatic N) is 2. The summed E-state index contributed by atoms with van der Waals surface area (Å²) in [6.07, 6.45) is 0.796. The largest absolute Gasteiger partial charge is 0.303 e. The highest BCUT2D eigenvalue weighted by atomic mass is 32.2.